The van der Waals surface area contributed by atoms with Crippen molar-refractivity contribution in [1.29, 1.82) is 5.26 Å². The lowest BCUT2D eigenvalue weighted by molar-refractivity contribution is 0.0738. The molecule has 0 aromatic carbocycles. The largest absolute Gasteiger partial charge is 0.391 e. The van der Waals surface area contributed by atoms with E-state index in [1.807, 2.05) is 20.8 Å². The molecule has 0 aromatic rings. The molecule has 0 spiro atoms. The average molecular weight is 169 g/mol. The minimum Gasteiger partial charge on any atom is -0.391 e. The predicted molar refractivity (Wildman–Crippen MR) is 49.5 cm³/mol. The molecule has 3 unspecified atom stereocenters. The Labute approximate surface area is 75.2 Å². The van der Waals surface area contributed by atoms with Crippen LogP contribution in [0.2, 0.25) is 0 Å². The van der Waals surface area contributed by atoms with Crippen molar-refractivity contribution >= 4 is 0 Å². The fourth-order valence-electron chi connectivity index (χ4n) is 1.26. The summed E-state index contributed by atoms with van der Waals surface area (Å²) in [4.78, 5) is 0. The van der Waals surface area contributed by atoms with Crippen molar-refractivity contribution in [2.45, 2.75) is 46.1 Å². The molecule has 70 valence electrons. The minimum absolute atomic E-state index is 0.176. The Kier molecular flexibility index (Phi) is 5.74. The van der Waals surface area contributed by atoms with Gasteiger partial charge in [0.25, 0.3) is 0 Å². The molecule has 1 N–H and O–H groups in total. The van der Waals surface area contributed by atoms with E-state index >= 15 is 0 Å². The maximum absolute atomic E-state index is 9.69. The van der Waals surface area contributed by atoms with E-state index in [2.05, 4.69) is 6.07 Å². The van der Waals surface area contributed by atoms with Gasteiger partial charge in [0, 0.05) is 0 Å². The van der Waals surface area contributed by atoms with Gasteiger partial charge < -0.3 is 5.11 Å². The second-order valence-corrected chi connectivity index (χ2v) is 3.40. The number of nitriles is 1. The summed E-state index contributed by atoms with van der Waals surface area (Å²) in [6, 6.07) is 2.17. The molecular formula is C10H19NO. The van der Waals surface area contributed by atoms with Crippen LogP contribution in [0.5, 0.6) is 0 Å². The molecule has 0 aliphatic heterocycles. The first-order valence-electron chi connectivity index (χ1n) is 4.75. The quantitative estimate of drug-likeness (QED) is 0.686. The fourth-order valence-corrected chi connectivity index (χ4v) is 1.26. The third kappa shape index (κ3) is 3.23. The van der Waals surface area contributed by atoms with Gasteiger partial charge in [-0.1, -0.05) is 33.6 Å². The Balaban J connectivity index is 4.03. The molecule has 0 heterocycles. The average Bonchev–Trinajstić information content (AvgIpc) is 2.11. The summed E-state index contributed by atoms with van der Waals surface area (Å²) in [5, 5.41) is 18.4. The fraction of sp³-hybridized carbons (Fsp3) is 0.900. The van der Waals surface area contributed by atoms with Crippen molar-refractivity contribution < 1.29 is 5.11 Å². The highest BCUT2D eigenvalue weighted by Crippen LogP contribution is 2.19. The highest BCUT2D eigenvalue weighted by molar-refractivity contribution is 4.89. The van der Waals surface area contributed by atoms with Gasteiger partial charge in [0.1, 0.15) is 0 Å². The van der Waals surface area contributed by atoms with Gasteiger partial charge in [0.05, 0.1) is 18.1 Å². The van der Waals surface area contributed by atoms with Crippen LogP contribution in [0, 0.1) is 23.2 Å². The molecule has 0 saturated carbocycles. The van der Waals surface area contributed by atoms with Gasteiger partial charge in [0.15, 0.2) is 0 Å². The first-order valence-corrected chi connectivity index (χ1v) is 4.75. The van der Waals surface area contributed by atoms with E-state index in [4.69, 9.17) is 5.26 Å². The van der Waals surface area contributed by atoms with E-state index in [1.165, 1.54) is 0 Å². The van der Waals surface area contributed by atoms with Crippen LogP contribution in [-0.2, 0) is 0 Å². The lowest BCUT2D eigenvalue weighted by Crippen LogP contribution is -2.26. The zero-order valence-electron chi connectivity index (χ0n) is 8.25. The normalized spacial score (nSPS) is 17.9. The van der Waals surface area contributed by atoms with Crippen molar-refractivity contribution in [2.24, 2.45) is 11.8 Å². The smallest absolute Gasteiger partial charge is 0.0725 e. The minimum atomic E-state index is -0.444. The highest BCUT2D eigenvalue weighted by atomic mass is 16.3. The molecular weight excluding hydrogens is 150 g/mol. The standard InChI is InChI=1S/C10H19NO/c1-4-6-9(7-11)10(12)8(3)5-2/h8-10,12H,4-6H2,1-3H3. The van der Waals surface area contributed by atoms with Crippen LogP contribution >= 0.6 is 0 Å². The van der Waals surface area contributed by atoms with Crippen LogP contribution < -0.4 is 0 Å². The summed E-state index contributed by atoms with van der Waals surface area (Å²) in [5.41, 5.74) is 0. The Morgan fingerprint density at radius 2 is 2.00 bits per heavy atom. The summed E-state index contributed by atoms with van der Waals surface area (Å²) in [6.07, 6.45) is 2.26. The number of hydrogen-bond acceptors (Lipinski definition) is 2. The van der Waals surface area contributed by atoms with E-state index in [-0.39, 0.29) is 11.8 Å². The van der Waals surface area contributed by atoms with E-state index in [0.717, 1.165) is 19.3 Å². The Morgan fingerprint density at radius 1 is 1.42 bits per heavy atom. The maximum Gasteiger partial charge on any atom is 0.0725 e. The van der Waals surface area contributed by atoms with Gasteiger partial charge >= 0.3 is 0 Å². The zero-order valence-corrected chi connectivity index (χ0v) is 8.25. The number of hydrogen-bond donors (Lipinski definition) is 1. The molecule has 0 bridgehead atoms. The van der Waals surface area contributed by atoms with E-state index < -0.39 is 6.10 Å². The maximum atomic E-state index is 9.69. The molecule has 0 aliphatic carbocycles. The van der Waals surface area contributed by atoms with Crippen molar-refractivity contribution in [3.05, 3.63) is 0 Å². The van der Waals surface area contributed by atoms with Crippen molar-refractivity contribution in [1.82, 2.24) is 0 Å². The summed E-state index contributed by atoms with van der Waals surface area (Å²) in [6.45, 7) is 6.06. The van der Waals surface area contributed by atoms with Crippen LogP contribution in [0.15, 0.2) is 0 Å². The second-order valence-electron chi connectivity index (χ2n) is 3.40. The summed E-state index contributed by atoms with van der Waals surface area (Å²) in [7, 11) is 0. The SMILES string of the molecule is CCCC(C#N)C(O)C(C)CC. The summed E-state index contributed by atoms with van der Waals surface area (Å²) in [5.74, 6) is 0.0612. The molecule has 0 aromatic heterocycles. The van der Waals surface area contributed by atoms with Crippen molar-refractivity contribution in [2.75, 3.05) is 0 Å². The topological polar surface area (TPSA) is 44.0 Å². The van der Waals surface area contributed by atoms with Crippen molar-refractivity contribution in [3.63, 3.8) is 0 Å². The molecule has 2 nitrogen and oxygen atoms in total. The predicted octanol–water partition coefficient (Wildman–Crippen LogP) is 2.33. The van der Waals surface area contributed by atoms with Crippen LogP contribution in [0.3, 0.4) is 0 Å². The second kappa shape index (κ2) is 6.02. The van der Waals surface area contributed by atoms with Gasteiger partial charge in [-0.05, 0) is 12.3 Å². The highest BCUT2D eigenvalue weighted by Gasteiger charge is 2.22. The Hall–Kier alpha value is -0.550. The number of aliphatic hydroxyl groups is 1. The Bertz CT molecular complexity index is 150. The monoisotopic (exact) mass is 169 g/mol. The number of rotatable bonds is 5. The van der Waals surface area contributed by atoms with Gasteiger partial charge in [-0.3, -0.25) is 0 Å². The first-order chi connectivity index (χ1) is 5.67. The molecule has 0 saturated heterocycles. The van der Waals surface area contributed by atoms with E-state index in [1.54, 1.807) is 0 Å². The Morgan fingerprint density at radius 3 is 2.33 bits per heavy atom. The molecule has 0 rings (SSSR count). The molecule has 0 radical (unpaired) electrons. The number of nitrogens with zero attached hydrogens (tertiary/aromatic N) is 1. The van der Waals surface area contributed by atoms with Crippen LogP contribution in [0.1, 0.15) is 40.0 Å². The van der Waals surface area contributed by atoms with Gasteiger partial charge in [-0.25, -0.2) is 0 Å². The molecule has 3 atom stereocenters. The lowest BCUT2D eigenvalue weighted by Gasteiger charge is -2.21. The van der Waals surface area contributed by atoms with Crippen LogP contribution in [0.25, 0.3) is 0 Å². The third-order valence-electron chi connectivity index (χ3n) is 2.40. The first kappa shape index (κ1) is 11.4. The molecule has 0 fully saturated rings. The van der Waals surface area contributed by atoms with Crippen molar-refractivity contribution in [3.8, 4) is 6.07 Å². The molecule has 2 heteroatoms. The molecule has 0 aliphatic rings. The lowest BCUT2D eigenvalue weighted by atomic mass is 9.88. The third-order valence-corrected chi connectivity index (χ3v) is 2.40. The van der Waals surface area contributed by atoms with Gasteiger partial charge in [-0.15, -0.1) is 0 Å². The van der Waals surface area contributed by atoms with Crippen LogP contribution in [-0.4, -0.2) is 11.2 Å². The van der Waals surface area contributed by atoms with Gasteiger partial charge in [-0.2, -0.15) is 5.26 Å². The molecule has 0 amide bonds. The summed E-state index contributed by atoms with van der Waals surface area (Å²) < 4.78 is 0. The number of aliphatic hydroxyl groups excluding tert-OH is 1. The van der Waals surface area contributed by atoms with E-state index in [9.17, 15) is 5.11 Å². The molecule has 12 heavy (non-hydrogen) atoms. The zero-order chi connectivity index (χ0) is 9.56. The van der Waals surface area contributed by atoms with E-state index in [0.29, 0.717) is 0 Å². The van der Waals surface area contributed by atoms with Crippen LogP contribution in [0.4, 0.5) is 0 Å². The summed E-state index contributed by atoms with van der Waals surface area (Å²) >= 11 is 0. The van der Waals surface area contributed by atoms with Gasteiger partial charge in [0.2, 0.25) is 0 Å².